The molecule has 0 atom stereocenters. The summed E-state index contributed by atoms with van der Waals surface area (Å²) < 4.78 is 0. The monoisotopic (exact) mass is 320 g/mol. The Morgan fingerprint density at radius 3 is 1.78 bits per heavy atom. The molecule has 0 aromatic rings. The van der Waals surface area contributed by atoms with Crippen LogP contribution in [0.1, 0.15) is 39.5 Å². The van der Waals surface area contributed by atoms with Gasteiger partial charge in [-0.1, -0.05) is 0 Å². The van der Waals surface area contributed by atoms with E-state index in [1.807, 2.05) is 0 Å². The molecule has 4 nitrogen and oxygen atoms in total. The van der Waals surface area contributed by atoms with Crippen LogP contribution in [-0.4, -0.2) is 97.1 Å². The fourth-order valence-electron chi connectivity index (χ4n) is 5.79. The van der Waals surface area contributed by atoms with Gasteiger partial charge < -0.3 is 9.80 Å². The highest BCUT2D eigenvalue weighted by atomic mass is 15.3. The summed E-state index contributed by atoms with van der Waals surface area (Å²) in [5.41, 5.74) is 0.736. The lowest BCUT2D eigenvalue weighted by molar-refractivity contribution is -0.107. The first-order chi connectivity index (χ1) is 11.0. The lowest BCUT2D eigenvalue weighted by Gasteiger charge is -2.61. The fourth-order valence-corrected chi connectivity index (χ4v) is 5.79. The van der Waals surface area contributed by atoms with E-state index >= 15 is 0 Å². The van der Waals surface area contributed by atoms with E-state index in [0.29, 0.717) is 0 Å². The highest BCUT2D eigenvalue weighted by Gasteiger charge is 2.52. The molecule has 132 valence electrons. The lowest BCUT2D eigenvalue weighted by Crippen LogP contribution is -2.67. The summed E-state index contributed by atoms with van der Waals surface area (Å²) in [5, 5.41) is 0. The number of piperazine rings is 1. The molecule has 1 saturated carbocycles. The molecular formula is C19H36N4. The Bertz CT molecular complexity index is 394. The van der Waals surface area contributed by atoms with Gasteiger partial charge in [0.1, 0.15) is 0 Å². The minimum atomic E-state index is 0.726. The summed E-state index contributed by atoms with van der Waals surface area (Å²) in [6.07, 6.45) is 5.72. The van der Waals surface area contributed by atoms with Gasteiger partial charge in [0, 0.05) is 57.4 Å². The van der Waals surface area contributed by atoms with Crippen molar-refractivity contribution in [1.82, 2.24) is 19.6 Å². The van der Waals surface area contributed by atoms with Crippen LogP contribution in [0.25, 0.3) is 0 Å². The Balaban J connectivity index is 1.19. The first-order valence-corrected chi connectivity index (χ1v) is 9.95. The summed E-state index contributed by atoms with van der Waals surface area (Å²) in [5.74, 6) is 0. The molecule has 0 aromatic carbocycles. The first-order valence-electron chi connectivity index (χ1n) is 9.95. The molecule has 0 amide bonds. The third-order valence-corrected chi connectivity index (χ3v) is 7.16. The molecule has 3 heterocycles. The molecule has 0 radical (unpaired) electrons. The largest absolute Gasteiger partial charge is 0.305 e. The van der Waals surface area contributed by atoms with Gasteiger partial charge >= 0.3 is 0 Å². The van der Waals surface area contributed by atoms with Crippen molar-refractivity contribution in [2.75, 3.05) is 59.4 Å². The zero-order chi connectivity index (χ0) is 16.0. The maximum Gasteiger partial charge on any atom is 0.0121 e. The van der Waals surface area contributed by atoms with E-state index in [1.165, 1.54) is 78.0 Å². The SMILES string of the molecule is CC(C)N1CCC(N2CCN(C3CC4(C3)CN(C)C4)CC2)CC1. The summed E-state index contributed by atoms with van der Waals surface area (Å²) >= 11 is 0. The number of likely N-dealkylation sites (tertiary alicyclic amines) is 2. The lowest BCUT2D eigenvalue weighted by atomic mass is 9.60. The Kier molecular flexibility index (Phi) is 4.46. The second-order valence-corrected chi connectivity index (χ2v) is 9.17. The Morgan fingerprint density at radius 1 is 0.783 bits per heavy atom. The maximum absolute atomic E-state index is 2.81. The van der Waals surface area contributed by atoms with E-state index in [4.69, 9.17) is 0 Å². The number of piperidine rings is 1. The minimum Gasteiger partial charge on any atom is -0.305 e. The van der Waals surface area contributed by atoms with Gasteiger partial charge in [-0.15, -0.1) is 0 Å². The van der Waals surface area contributed by atoms with Crippen LogP contribution < -0.4 is 0 Å². The van der Waals surface area contributed by atoms with E-state index in [-0.39, 0.29) is 0 Å². The molecule has 23 heavy (non-hydrogen) atoms. The Labute approximate surface area is 142 Å². The predicted octanol–water partition coefficient (Wildman–Crippen LogP) is 1.57. The van der Waals surface area contributed by atoms with Gasteiger partial charge in [-0.25, -0.2) is 0 Å². The van der Waals surface area contributed by atoms with Crippen LogP contribution in [0.5, 0.6) is 0 Å². The van der Waals surface area contributed by atoms with E-state index in [9.17, 15) is 0 Å². The molecule has 0 bridgehead atoms. The van der Waals surface area contributed by atoms with E-state index in [2.05, 4.69) is 40.5 Å². The molecule has 4 aliphatic rings. The normalized spacial score (nSPS) is 32.3. The van der Waals surface area contributed by atoms with Crippen LogP contribution in [0.2, 0.25) is 0 Å². The molecule has 0 aromatic heterocycles. The minimum absolute atomic E-state index is 0.726. The fraction of sp³-hybridized carbons (Fsp3) is 1.00. The second-order valence-electron chi connectivity index (χ2n) is 9.17. The maximum atomic E-state index is 2.81. The molecule has 3 aliphatic heterocycles. The van der Waals surface area contributed by atoms with Crippen molar-refractivity contribution in [1.29, 1.82) is 0 Å². The number of rotatable bonds is 3. The van der Waals surface area contributed by atoms with Crippen molar-refractivity contribution in [3.63, 3.8) is 0 Å². The summed E-state index contributed by atoms with van der Waals surface area (Å²) in [7, 11) is 2.27. The highest BCUT2D eigenvalue weighted by molar-refractivity contribution is 5.07. The molecule has 4 fully saturated rings. The zero-order valence-corrected chi connectivity index (χ0v) is 15.5. The Morgan fingerprint density at radius 2 is 1.30 bits per heavy atom. The van der Waals surface area contributed by atoms with Crippen LogP contribution in [0.15, 0.2) is 0 Å². The van der Waals surface area contributed by atoms with Crippen molar-refractivity contribution in [2.24, 2.45) is 5.41 Å². The van der Waals surface area contributed by atoms with Crippen molar-refractivity contribution >= 4 is 0 Å². The smallest absolute Gasteiger partial charge is 0.0121 e. The van der Waals surface area contributed by atoms with Gasteiger partial charge in [-0.05, 0) is 65.1 Å². The van der Waals surface area contributed by atoms with Crippen LogP contribution >= 0.6 is 0 Å². The third-order valence-electron chi connectivity index (χ3n) is 7.16. The summed E-state index contributed by atoms with van der Waals surface area (Å²) in [4.78, 5) is 10.7. The highest BCUT2D eigenvalue weighted by Crippen LogP contribution is 2.49. The van der Waals surface area contributed by atoms with Crippen molar-refractivity contribution in [3.8, 4) is 0 Å². The first kappa shape index (κ1) is 16.3. The Hall–Kier alpha value is -0.160. The molecular weight excluding hydrogens is 284 g/mol. The number of nitrogens with zero attached hydrogens (tertiary/aromatic N) is 4. The molecule has 0 unspecified atom stereocenters. The number of hydrogen-bond acceptors (Lipinski definition) is 4. The molecule has 0 N–H and O–H groups in total. The molecule has 3 saturated heterocycles. The van der Waals surface area contributed by atoms with Crippen LogP contribution in [0, 0.1) is 5.41 Å². The summed E-state index contributed by atoms with van der Waals surface area (Å²) in [6, 6.07) is 2.50. The van der Waals surface area contributed by atoms with Gasteiger partial charge in [-0.2, -0.15) is 0 Å². The van der Waals surface area contributed by atoms with Crippen LogP contribution in [0.4, 0.5) is 0 Å². The van der Waals surface area contributed by atoms with Gasteiger partial charge in [0.05, 0.1) is 0 Å². The van der Waals surface area contributed by atoms with Crippen molar-refractivity contribution in [2.45, 2.75) is 57.7 Å². The van der Waals surface area contributed by atoms with E-state index in [1.54, 1.807) is 0 Å². The van der Waals surface area contributed by atoms with Crippen molar-refractivity contribution < 1.29 is 0 Å². The third kappa shape index (κ3) is 3.20. The average Bonchev–Trinajstić information content (AvgIpc) is 2.50. The molecule has 4 rings (SSSR count). The predicted molar refractivity (Wildman–Crippen MR) is 95.8 cm³/mol. The van der Waals surface area contributed by atoms with E-state index < -0.39 is 0 Å². The average molecular weight is 321 g/mol. The van der Waals surface area contributed by atoms with Gasteiger partial charge in [0.25, 0.3) is 0 Å². The zero-order valence-electron chi connectivity index (χ0n) is 15.5. The second kappa shape index (κ2) is 6.29. The van der Waals surface area contributed by atoms with Crippen molar-refractivity contribution in [3.05, 3.63) is 0 Å². The number of hydrogen-bond donors (Lipinski definition) is 0. The molecule has 1 aliphatic carbocycles. The standard InChI is InChI=1S/C19H36N4/c1-16(2)21-6-4-17(5-7-21)22-8-10-23(11-9-22)18-12-19(13-18)14-20(3)15-19/h16-18H,4-15H2,1-3H3. The van der Waals surface area contributed by atoms with Gasteiger partial charge in [-0.3, -0.25) is 9.80 Å². The van der Waals surface area contributed by atoms with Crippen LogP contribution in [-0.2, 0) is 0 Å². The topological polar surface area (TPSA) is 13.0 Å². The quantitative estimate of drug-likeness (QED) is 0.782. The van der Waals surface area contributed by atoms with E-state index in [0.717, 1.165) is 23.5 Å². The molecule has 4 heteroatoms. The molecule has 1 spiro atoms. The summed E-state index contributed by atoms with van der Waals surface area (Å²) in [6.45, 7) is 15.3. The van der Waals surface area contributed by atoms with Gasteiger partial charge in [0.2, 0.25) is 0 Å². The van der Waals surface area contributed by atoms with Gasteiger partial charge in [0.15, 0.2) is 0 Å². The van der Waals surface area contributed by atoms with Crippen LogP contribution in [0.3, 0.4) is 0 Å².